The third kappa shape index (κ3) is 5.74. The first kappa shape index (κ1) is 20.7. The summed E-state index contributed by atoms with van der Waals surface area (Å²) in [7, 11) is 1.63. The lowest BCUT2D eigenvalue weighted by atomic mass is 10.2. The SMILES string of the molecule is COc1ccc(-n2c(C)nnc2SCC(=O)NCCOc2cccc(C)c2)cc1. The Morgan fingerprint density at radius 3 is 2.62 bits per heavy atom. The zero-order valence-corrected chi connectivity index (χ0v) is 17.5. The number of rotatable bonds is 9. The average Bonchev–Trinajstić information content (AvgIpc) is 3.10. The molecule has 0 saturated heterocycles. The maximum atomic E-state index is 12.2. The maximum Gasteiger partial charge on any atom is 0.230 e. The largest absolute Gasteiger partial charge is 0.497 e. The van der Waals surface area contributed by atoms with Gasteiger partial charge in [0.15, 0.2) is 5.16 Å². The van der Waals surface area contributed by atoms with Crippen molar-refractivity contribution < 1.29 is 14.3 Å². The molecule has 0 spiro atoms. The monoisotopic (exact) mass is 412 g/mol. The van der Waals surface area contributed by atoms with Crippen LogP contribution >= 0.6 is 11.8 Å². The molecule has 2 aromatic carbocycles. The summed E-state index contributed by atoms with van der Waals surface area (Å²) in [6, 6.07) is 15.4. The summed E-state index contributed by atoms with van der Waals surface area (Å²) in [5.74, 6) is 2.51. The van der Waals surface area contributed by atoms with E-state index in [-0.39, 0.29) is 11.7 Å². The topological polar surface area (TPSA) is 78.3 Å². The molecule has 1 heterocycles. The van der Waals surface area contributed by atoms with E-state index >= 15 is 0 Å². The van der Waals surface area contributed by atoms with Gasteiger partial charge in [0.1, 0.15) is 23.9 Å². The Bertz CT molecular complexity index is 957. The van der Waals surface area contributed by atoms with Gasteiger partial charge in [-0.2, -0.15) is 0 Å². The van der Waals surface area contributed by atoms with Crippen LogP contribution in [0, 0.1) is 13.8 Å². The first-order valence-corrected chi connectivity index (χ1v) is 10.2. The Balaban J connectivity index is 1.49. The number of methoxy groups -OCH3 is 1. The van der Waals surface area contributed by atoms with E-state index in [1.54, 1.807) is 7.11 Å². The summed E-state index contributed by atoms with van der Waals surface area (Å²) in [4.78, 5) is 12.2. The summed E-state index contributed by atoms with van der Waals surface area (Å²) in [6.07, 6.45) is 0. The van der Waals surface area contributed by atoms with Crippen molar-refractivity contribution in [3.63, 3.8) is 0 Å². The molecule has 1 N–H and O–H groups in total. The number of ether oxygens (including phenoxy) is 2. The van der Waals surface area contributed by atoms with Crippen LogP contribution in [0.4, 0.5) is 0 Å². The van der Waals surface area contributed by atoms with Gasteiger partial charge in [-0.1, -0.05) is 23.9 Å². The van der Waals surface area contributed by atoms with Crippen molar-refractivity contribution in [3.05, 3.63) is 59.9 Å². The van der Waals surface area contributed by atoms with Crippen molar-refractivity contribution in [2.24, 2.45) is 0 Å². The second-order valence-electron chi connectivity index (χ2n) is 6.37. The van der Waals surface area contributed by atoms with Crippen molar-refractivity contribution in [3.8, 4) is 17.2 Å². The van der Waals surface area contributed by atoms with Crippen LogP contribution in [0.25, 0.3) is 5.69 Å². The molecule has 0 saturated carbocycles. The quantitative estimate of drug-likeness (QED) is 0.430. The highest BCUT2D eigenvalue weighted by Crippen LogP contribution is 2.23. The molecule has 3 aromatic rings. The molecule has 0 radical (unpaired) electrons. The Kier molecular flexibility index (Phi) is 7.13. The van der Waals surface area contributed by atoms with Crippen LogP contribution < -0.4 is 14.8 Å². The van der Waals surface area contributed by atoms with E-state index in [4.69, 9.17) is 9.47 Å². The van der Waals surface area contributed by atoms with Crippen LogP contribution in [-0.2, 0) is 4.79 Å². The molecule has 8 heteroatoms. The molecule has 1 amide bonds. The number of thioether (sulfide) groups is 1. The number of hydrogen-bond donors (Lipinski definition) is 1. The number of hydrogen-bond acceptors (Lipinski definition) is 6. The smallest absolute Gasteiger partial charge is 0.230 e. The standard InChI is InChI=1S/C21H24N4O3S/c1-15-5-4-6-19(13-15)28-12-11-22-20(26)14-29-21-24-23-16(2)25(21)17-7-9-18(27-3)10-8-17/h4-10,13H,11-12,14H2,1-3H3,(H,22,26). The summed E-state index contributed by atoms with van der Waals surface area (Å²) < 4.78 is 12.8. The van der Waals surface area contributed by atoms with Crippen LogP contribution in [0.1, 0.15) is 11.4 Å². The minimum absolute atomic E-state index is 0.0789. The minimum atomic E-state index is -0.0789. The van der Waals surface area contributed by atoms with Gasteiger partial charge in [-0.3, -0.25) is 9.36 Å². The molecule has 0 atom stereocenters. The molecule has 0 aliphatic heterocycles. The molecule has 1 aromatic heterocycles. The first-order valence-electron chi connectivity index (χ1n) is 9.22. The van der Waals surface area contributed by atoms with Gasteiger partial charge >= 0.3 is 0 Å². The molecule has 0 unspecified atom stereocenters. The summed E-state index contributed by atoms with van der Waals surface area (Å²) in [5.41, 5.74) is 2.06. The summed E-state index contributed by atoms with van der Waals surface area (Å²) >= 11 is 1.34. The van der Waals surface area contributed by atoms with Gasteiger partial charge in [-0.05, 0) is 55.8 Å². The second kappa shape index (κ2) is 9.97. The highest BCUT2D eigenvalue weighted by Gasteiger charge is 2.13. The van der Waals surface area contributed by atoms with E-state index in [0.29, 0.717) is 18.3 Å². The van der Waals surface area contributed by atoms with Crippen molar-refractivity contribution in [1.29, 1.82) is 0 Å². The second-order valence-corrected chi connectivity index (χ2v) is 7.31. The Morgan fingerprint density at radius 2 is 1.90 bits per heavy atom. The molecule has 152 valence electrons. The van der Waals surface area contributed by atoms with Gasteiger partial charge in [0.05, 0.1) is 19.4 Å². The number of benzene rings is 2. The van der Waals surface area contributed by atoms with Gasteiger partial charge in [0.2, 0.25) is 5.91 Å². The predicted octanol–water partition coefficient (Wildman–Crippen LogP) is 3.18. The van der Waals surface area contributed by atoms with Gasteiger partial charge in [0, 0.05) is 5.69 Å². The van der Waals surface area contributed by atoms with Gasteiger partial charge in [0.25, 0.3) is 0 Å². The van der Waals surface area contributed by atoms with Crippen molar-refractivity contribution >= 4 is 17.7 Å². The molecule has 3 rings (SSSR count). The zero-order chi connectivity index (χ0) is 20.6. The van der Waals surface area contributed by atoms with Gasteiger partial charge in [-0.15, -0.1) is 10.2 Å². The highest BCUT2D eigenvalue weighted by atomic mass is 32.2. The van der Waals surface area contributed by atoms with Crippen molar-refractivity contribution in [1.82, 2.24) is 20.1 Å². The average molecular weight is 413 g/mol. The minimum Gasteiger partial charge on any atom is -0.497 e. The molecular formula is C21H24N4O3S. The van der Waals surface area contributed by atoms with Gasteiger partial charge in [-0.25, -0.2) is 0 Å². The highest BCUT2D eigenvalue weighted by molar-refractivity contribution is 7.99. The Morgan fingerprint density at radius 1 is 1.10 bits per heavy atom. The van der Waals surface area contributed by atoms with Crippen LogP contribution in [0.5, 0.6) is 11.5 Å². The molecule has 0 fully saturated rings. The number of aryl methyl sites for hydroxylation is 2. The van der Waals surface area contributed by atoms with Crippen LogP contribution in [0.15, 0.2) is 53.7 Å². The number of carbonyl (C=O) groups is 1. The van der Waals surface area contributed by atoms with Crippen molar-refractivity contribution in [2.75, 3.05) is 26.0 Å². The first-order chi connectivity index (χ1) is 14.1. The zero-order valence-electron chi connectivity index (χ0n) is 16.7. The lowest BCUT2D eigenvalue weighted by Gasteiger charge is -2.10. The number of carbonyl (C=O) groups excluding carboxylic acids is 1. The number of aromatic nitrogens is 3. The van der Waals surface area contributed by atoms with E-state index < -0.39 is 0 Å². The molecule has 29 heavy (non-hydrogen) atoms. The van der Waals surface area contributed by atoms with E-state index in [1.165, 1.54) is 11.8 Å². The molecule has 7 nitrogen and oxygen atoms in total. The van der Waals surface area contributed by atoms with E-state index in [0.717, 1.165) is 28.6 Å². The fourth-order valence-corrected chi connectivity index (χ4v) is 3.54. The number of nitrogens with one attached hydrogen (secondary N) is 1. The van der Waals surface area contributed by atoms with E-state index in [1.807, 2.05) is 66.9 Å². The lowest BCUT2D eigenvalue weighted by Crippen LogP contribution is -2.29. The normalized spacial score (nSPS) is 10.6. The lowest BCUT2D eigenvalue weighted by molar-refractivity contribution is -0.118. The van der Waals surface area contributed by atoms with E-state index in [2.05, 4.69) is 15.5 Å². The molecule has 0 aliphatic rings. The maximum absolute atomic E-state index is 12.2. The Hall–Kier alpha value is -3.00. The van der Waals surface area contributed by atoms with Crippen LogP contribution in [0.3, 0.4) is 0 Å². The molecule has 0 bridgehead atoms. The Labute approximate surface area is 174 Å². The third-order valence-electron chi connectivity index (χ3n) is 4.14. The third-order valence-corrected chi connectivity index (χ3v) is 5.07. The fraction of sp³-hybridized carbons (Fsp3) is 0.286. The predicted molar refractivity (Wildman–Crippen MR) is 113 cm³/mol. The summed E-state index contributed by atoms with van der Waals surface area (Å²) in [5, 5.41) is 11.9. The van der Waals surface area contributed by atoms with Gasteiger partial charge < -0.3 is 14.8 Å². The van der Waals surface area contributed by atoms with Crippen LogP contribution in [-0.4, -0.2) is 46.7 Å². The molecular weight excluding hydrogens is 388 g/mol. The fourth-order valence-electron chi connectivity index (χ4n) is 2.71. The number of nitrogens with zero attached hydrogens (tertiary/aromatic N) is 3. The van der Waals surface area contributed by atoms with Crippen molar-refractivity contribution in [2.45, 2.75) is 19.0 Å². The van der Waals surface area contributed by atoms with E-state index in [9.17, 15) is 4.79 Å². The summed E-state index contributed by atoms with van der Waals surface area (Å²) in [6.45, 7) is 4.75. The van der Waals surface area contributed by atoms with Crippen LogP contribution in [0.2, 0.25) is 0 Å². The number of amides is 1. The molecule has 0 aliphatic carbocycles.